The Morgan fingerprint density at radius 1 is 1.40 bits per heavy atom. The van der Waals surface area contributed by atoms with E-state index in [2.05, 4.69) is 12.6 Å². The molecule has 0 saturated carbocycles. The molecule has 0 radical (unpaired) electrons. The highest BCUT2D eigenvalue weighted by Crippen LogP contribution is 2.47. The number of hydrogen-bond donors (Lipinski definition) is 3. The predicted octanol–water partition coefficient (Wildman–Crippen LogP) is 2.51. The van der Waals surface area contributed by atoms with Gasteiger partial charge in [-0.25, -0.2) is 4.79 Å². The molecule has 0 bridgehead atoms. The summed E-state index contributed by atoms with van der Waals surface area (Å²) in [6.07, 6.45) is 4.34. The zero-order chi connectivity index (χ0) is 15.7. The van der Waals surface area contributed by atoms with Gasteiger partial charge in [0.25, 0.3) is 0 Å². The van der Waals surface area contributed by atoms with Gasteiger partial charge in [-0.15, -0.1) is 12.6 Å². The molecule has 20 heavy (non-hydrogen) atoms. The SMILES string of the molecule is CC1=C(S)C(=O)CC(C)(C)[C@@]1(O)/C=C/C(C)=C\C(=O)O. The van der Waals surface area contributed by atoms with E-state index in [4.69, 9.17) is 5.11 Å². The largest absolute Gasteiger partial charge is 0.478 e. The van der Waals surface area contributed by atoms with Crippen molar-refractivity contribution in [3.8, 4) is 0 Å². The summed E-state index contributed by atoms with van der Waals surface area (Å²) in [6.45, 7) is 6.90. The summed E-state index contributed by atoms with van der Waals surface area (Å²) in [5.74, 6) is -1.13. The van der Waals surface area contributed by atoms with Crippen molar-refractivity contribution in [1.82, 2.24) is 0 Å². The highest BCUT2D eigenvalue weighted by atomic mass is 32.1. The normalized spacial score (nSPS) is 27.3. The van der Waals surface area contributed by atoms with E-state index in [1.807, 2.05) is 0 Å². The number of ketones is 1. The van der Waals surface area contributed by atoms with Crippen molar-refractivity contribution in [2.75, 3.05) is 0 Å². The summed E-state index contributed by atoms with van der Waals surface area (Å²) in [7, 11) is 0. The molecule has 0 fully saturated rings. The van der Waals surface area contributed by atoms with Gasteiger partial charge in [-0.3, -0.25) is 4.79 Å². The maximum absolute atomic E-state index is 11.8. The van der Waals surface area contributed by atoms with E-state index in [9.17, 15) is 14.7 Å². The lowest BCUT2D eigenvalue weighted by atomic mass is 9.64. The maximum Gasteiger partial charge on any atom is 0.328 e. The second-order valence-electron chi connectivity index (χ2n) is 5.78. The van der Waals surface area contributed by atoms with Crippen LogP contribution in [0.3, 0.4) is 0 Å². The van der Waals surface area contributed by atoms with Crippen LogP contribution in [0, 0.1) is 5.41 Å². The van der Waals surface area contributed by atoms with Crippen LogP contribution >= 0.6 is 12.6 Å². The van der Waals surface area contributed by atoms with E-state index in [-0.39, 0.29) is 17.1 Å². The van der Waals surface area contributed by atoms with Crippen LogP contribution < -0.4 is 0 Å². The topological polar surface area (TPSA) is 74.6 Å². The number of carbonyl (C=O) groups is 2. The number of allylic oxidation sites excluding steroid dienone is 3. The monoisotopic (exact) mass is 296 g/mol. The number of thiol groups is 1. The van der Waals surface area contributed by atoms with E-state index < -0.39 is 17.0 Å². The first-order chi connectivity index (χ1) is 9.01. The first-order valence-electron chi connectivity index (χ1n) is 6.27. The molecule has 0 unspecified atom stereocenters. The van der Waals surface area contributed by atoms with Crippen molar-refractivity contribution in [3.05, 3.63) is 34.3 Å². The summed E-state index contributed by atoms with van der Waals surface area (Å²) >= 11 is 4.17. The Balaban J connectivity index is 3.28. The van der Waals surface area contributed by atoms with E-state index in [1.54, 1.807) is 39.8 Å². The quantitative estimate of drug-likeness (QED) is 0.425. The van der Waals surface area contributed by atoms with Crippen LogP contribution in [0.15, 0.2) is 34.3 Å². The van der Waals surface area contributed by atoms with Crippen LogP contribution in [-0.2, 0) is 9.59 Å². The van der Waals surface area contributed by atoms with Gasteiger partial charge in [0.15, 0.2) is 5.78 Å². The van der Waals surface area contributed by atoms with Gasteiger partial charge in [-0.1, -0.05) is 19.9 Å². The molecule has 4 nitrogen and oxygen atoms in total. The third-order valence-electron chi connectivity index (χ3n) is 3.76. The van der Waals surface area contributed by atoms with Gasteiger partial charge in [0.1, 0.15) is 5.60 Å². The molecule has 2 N–H and O–H groups in total. The molecule has 0 aliphatic heterocycles. The average molecular weight is 296 g/mol. The standard InChI is InChI=1S/C15H20O4S/c1-9(7-12(17)18)5-6-15(19)10(2)13(20)11(16)8-14(15,3)4/h5-7,19-20H,8H2,1-4H3,(H,17,18)/b6-5+,9-7-/t15-/m1/s1. The fraction of sp³-hybridized carbons (Fsp3) is 0.467. The van der Waals surface area contributed by atoms with Gasteiger partial charge in [-0.05, 0) is 31.1 Å². The lowest BCUT2D eigenvalue weighted by molar-refractivity contribution is -0.131. The van der Waals surface area contributed by atoms with Crippen molar-refractivity contribution in [1.29, 1.82) is 0 Å². The predicted molar refractivity (Wildman–Crippen MR) is 80.6 cm³/mol. The number of aliphatic carboxylic acids is 1. The molecule has 0 spiro atoms. The van der Waals surface area contributed by atoms with Crippen LogP contribution in [0.4, 0.5) is 0 Å². The van der Waals surface area contributed by atoms with Gasteiger partial charge in [-0.2, -0.15) is 0 Å². The molecule has 0 saturated heterocycles. The van der Waals surface area contributed by atoms with E-state index in [1.165, 1.54) is 0 Å². The lowest BCUT2D eigenvalue weighted by Crippen LogP contribution is -2.49. The summed E-state index contributed by atoms with van der Waals surface area (Å²) in [5, 5.41) is 19.6. The Hall–Kier alpha value is -1.33. The van der Waals surface area contributed by atoms with Gasteiger partial charge >= 0.3 is 5.97 Å². The van der Waals surface area contributed by atoms with Gasteiger partial charge in [0.05, 0.1) is 0 Å². The van der Waals surface area contributed by atoms with E-state index in [0.717, 1.165) is 6.08 Å². The molecule has 1 aliphatic carbocycles. The van der Waals surface area contributed by atoms with Gasteiger partial charge in [0.2, 0.25) is 0 Å². The third-order valence-corrected chi connectivity index (χ3v) is 4.35. The molecule has 0 aromatic carbocycles. The Morgan fingerprint density at radius 2 is 1.95 bits per heavy atom. The Labute approximate surface area is 124 Å². The molecule has 1 atom stereocenters. The number of rotatable bonds is 3. The fourth-order valence-electron chi connectivity index (χ4n) is 2.36. The molecule has 5 heteroatoms. The molecular weight excluding hydrogens is 276 g/mol. The average Bonchev–Trinajstić information content (AvgIpc) is 2.30. The third kappa shape index (κ3) is 3.04. The molecule has 1 rings (SSSR count). The number of Topliss-reactive ketones (excluding diaryl/α,β-unsaturated/α-hetero) is 1. The Morgan fingerprint density at radius 3 is 2.45 bits per heavy atom. The second-order valence-corrected chi connectivity index (χ2v) is 6.23. The Bertz CT molecular complexity index is 540. The molecule has 0 heterocycles. The molecule has 0 aromatic heterocycles. The highest BCUT2D eigenvalue weighted by molar-refractivity contribution is 7.85. The zero-order valence-corrected chi connectivity index (χ0v) is 13.0. The number of carboxylic acid groups (broad SMARTS) is 1. The van der Waals surface area contributed by atoms with Crippen molar-refractivity contribution in [3.63, 3.8) is 0 Å². The first kappa shape index (κ1) is 16.7. The van der Waals surface area contributed by atoms with E-state index in [0.29, 0.717) is 11.1 Å². The molecular formula is C15H20O4S. The summed E-state index contributed by atoms with van der Waals surface area (Å²) in [5.41, 5.74) is -1.01. The van der Waals surface area contributed by atoms with Crippen LogP contribution in [0.25, 0.3) is 0 Å². The van der Waals surface area contributed by atoms with Crippen molar-refractivity contribution in [2.45, 2.75) is 39.7 Å². The lowest BCUT2D eigenvalue weighted by Gasteiger charge is -2.45. The number of hydrogen-bond acceptors (Lipinski definition) is 4. The van der Waals surface area contributed by atoms with Crippen molar-refractivity contribution in [2.24, 2.45) is 5.41 Å². The summed E-state index contributed by atoms with van der Waals surface area (Å²) in [4.78, 5) is 22.7. The molecule has 110 valence electrons. The highest BCUT2D eigenvalue weighted by Gasteiger charge is 2.48. The smallest absolute Gasteiger partial charge is 0.328 e. The second kappa shape index (κ2) is 5.58. The van der Waals surface area contributed by atoms with Crippen LogP contribution in [0.2, 0.25) is 0 Å². The summed E-state index contributed by atoms with van der Waals surface area (Å²) < 4.78 is 0. The van der Waals surface area contributed by atoms with Crippen LogP contribution in [0.5, 0.6) is 0 Å². The zero-order valence-electron chi connectivity index (χ0n) is 12.1. The van der Waals surface area contributed by atoms with Crippen molar-refractivity contribution < 1.29 is 19.8 Å². The van der Waals surface area contributed by atoms with Crippen LogP contribution in [0.1, 0.15) is 34.1 Å². The first-order valence-corrected chi connectivity index (χ1v) is 6.72. The Kier molecular flexibility index (Phi) is 4.66. The van der Waals surface area contributed by atoms with Crippen molar-refractivity contribution >= 4 is 24.4 Å². The van der Waals surface area contributed by atoms with Gasteiger partial charge in [0, 0.05) is 22.8 Å². The fourth-order valence-corrected chi connectivity index (χ4v) is 2.61. The maximum atomic E-state index is 11.8. The number of carbonyl (C=O) groups excluding carboxylic acids is 1. The minimum absolute atomic E-state index is 0.0910. The van der Waals surface area contributed by atoms with E-state index >= 15 is 0 Å². The minimum atomic E-state index is -1.33. The molecule has 1 aliphatic rings. The molecule has 0 aromatic rings. The van der Waals surface area contributed by atoms with Crippen LogP contribution in [-0.4, -0.2) is 27.6 Å². The van der Waals surface area contributed by atoms with Gasteiger partial charge < -0.3 is 10.2 Å². The molecule has 0 amide bonds. The number of aliphatic hydroxyl groups is 1. The number of carboxylic acids is 1. The summed E-state index contributed by atoms with van der Waals surface area (Å²) in [6, 6.07) is 0. The minimum Gasteiger partial charge on any atom is -0.478 e.